The molecule has 0 bridgehead atoms. The molecule has 1 heterocycles. The second-order valence-corrected chi connectivity index (χ2v) is 8.24. The van der Waals surface area contributed by atoms with Gasteiger partial charge in [0.25, 0.3) is 11.8 Å². The van der Waals surface area contributed by atoms with E-state index in [0.717, 1.165) is 16.0 Å². The van der Waals surface area contributed by atoms with E-state index < -0.39 is 17.8 Å². The Balaban J connectivity index is 1.40. The Labute approximate surface area is 202 Å². The summed E-state index contributed by atoms with van der Waals surface area (Å²) in [6.45, 7) is 5.55. The fourth-order valence-electron chi connectivity index (χ4n) is 3.89. The number of hydrogen-bond acceptors (Lipinski definition) is 6. The second kappa shape index (κ2) is 9.80. The van der Waals surface area contributed by atoms with Gasteiger partial charge in [0, 0.05) is 12.6 Å². The van der Waals surface area contributed by atoms with E-state index in [2.05, 4.69) is 5.32 Å². The fourth-order valence-corrected chi connectivity index (χ4v) is 3.89. The van der Waals surface area contributed by atoms with E-state index in [9.17, 15) is 19.2 Å². The summed E-state index contributed by atoms with van der Waals surface area (Å²) in [6.07, 6.45) is 0. The molecule has 3 aromatic rings. The van der Waals surface area contributed by atoms with Crippen molar-refractivity contribution in [2.45, 2.75) is 20.8 Å². The van der Waals surface area contributed by atoms with Crippen molar-refractivity contribution in [3.8, 4) is 5.75 Å². The number of nitrogens with one attached hydrogen (secondary N) is 1. The third-order valence-electron chi connectivity index (χ3n) is 5.35. The molecule has 8 heteroatoms. The van der Waals surface area contributed by atoms with Crippen molar-refractivity contribution in [2.75, 3.05) is 23.4 Å². The first-order chi connectivity index (χ1) is 16.7. The van der Waals surface area contributed by atoms with Crippen molar-refractivity contribution in [3.63, 3.8) is 0 Å². The molecule has 8 nitrogen and oxygen atoms in total. The first-order valence-corrected chi connectivity index (χ1v) is 11.0. The highest BCUT2D eigenvalue weighted by atomic mass is 16.6. The molecule has 178 valence electrons. The Morgan fingerprint density at radius 3 is 2.14 bits per heavy atom. The minimum absolute atomic E-state index is 0.0303. The molecule has 0 spiro atoms. The summed E-state index contributed by atoms with van der Waals surface area (Å²) in [7, 11) is 0. The number of aryl methyl sites for hydroxylation is 2. The van der Waals surface area contributed by atoms with Gasteiger partial charge in [-0.05, 0) is 79.6 Å². The van der Waals surface area contributed by atoms with E-state index in [0.29, 0.717) is 17.1 Å². The van der Waals surface area contributed by atoms with Crippen LogP contribution in [0.5, 0.6) is 5.75 Å². The number of fused-ring (bicyclic) bond motifs is 1. The van der Waals surface area contributed by atoms with Gasteiger partial charge in [0.1, 0.15) is 19.0 Å². The third kappa shape index (κ3) is 5.22. The summed E-state index contributed by atoms with van der Waals surface area (Å²) in [5.74, 6) is -1.17. The first kappa shape index (κ1) is 23.7. The molecule has 0 aliphatic carbocycles. The molecule has 3 amide bonds. The number of carbonyl (C=O) groups is 4. The second-order valence-electron chi connectivity index (χ2n) is 8.24. The van der Waals surface area contributed by atoms with Crippen molar-refractivity contribution < 1.29 is 28.7 Å². The average Bonchev–Trinajstić information content (AvgIpc) is 3.05. The molecule has 0 unspecified atom stereocenters. The molecule has 3 aromatic carbocycles. The predicted octanol–water partition coefficient (Wildman–Crippen LogP) is 4.30. The molecule has 35 heavy (non-hydrogen) atoms. The van der Waals surface area contributed by atoms with Crippen LogP contribution in [-0.2, 0) is 9.53 Å². The largest absolute Gasteiger partial charge is 0.490 e. The van der Waals surface area contributed by atoms with E-state index in [-0.39, 0.29) is 35.8 Å². The normalized spacial score (nSPS) is 12.4. The van der Waals surface area contributed by atoms with E-state index in [4.69, 9.17) is 9.47 Å². The lowest BCUT2D eigenvalue weighted by Crippen LogP contribution is -2.29. The van der Waals surface area contributed by atoms with Crippen LogP contribution in [0.3, 0.4) is 0 Å². The highest BCUT2D eigenvalue weighted by Crippen LogP contribution is 2.30. The lowest BCUT2D eigenvalue weighted by atomic mass is 10.1. The molecule has 1 aliphatic rings. The molecule has 0 atom stereocenters. The van der Waals surface area contributed by atoms with Gasteiger partial charge < -0.3 is 14.8 Å². The van der Waals surface area contributed by atoms with Crippen LogP contribution in [0.2, 0.25) is 0 Å². The van der Waals surface area contributed by atoms with Crippen LogP contribution < -0.4 is 15.0 Å². The Bertz CT molecular complexity index is 1310. The van der Waals surface area contributed by atoms with Crippen LogP contribution in [-0.4, -0.2) is 36.9 Å². The van der Waals surface area contributed by atoms with Gasteiger partial charge >= 0.3 is 5.97 Å². The number of amides is 3. The van der Waals surface area contributed by atoms with Crippen molar-refractivity contribution in [3.05, 3.63) is 88.5 Å². The number of nitrogens with zero attached hydrogens (tertiary/aromatic N) is 1. The zero-order valence-corrected chi connectivity index (χ0v) is 19.6. The number of anilines is 2. The van der Waals surface area contributed by atoms with Gasteiger partial charge in [0.05, 0.1) is 22.4 Å². The van der Waals surface area contributed by atoms with Crippen LogP contribution >= 0.6 is 0 Å². The topological polar surface area (TPSA) is 102 Å². The minimum atomic E-state index is -0.616. The monoisotopic (exact) mass is 472 g/mol. The lowest BCUT2D eigenvalue weighted by Gasteiger charge is -2.14. The zero-order valence-electron chi connectivity index (χ0n) is 19.6. The summed E-state index contributed by atoms with van der Waals surface area (Å²) in [5, 5.41) is 2.63. The Morgan fingerprint density at radius 1 is 0.829 bits per heavy atom. The Hall–Kier alpha value is -4.46. The molecule has 0 saturated heterocycles. The molecule has 0 aromatic heterocycles. The van der Waals surface area contributed by atoms with Gasteiger partial charge in [0.2, 0.25) is 5.91 Å². The summed E-state index contributed by atoms with van der Waals surface area (Å²) in [6, 6.07) is 16.4. The maximum absolute atomic E-state index is 13.0. The minimum Gasteiger partial charge on any atom is -0.490 e. The molecule has 4 rings (SSSR count). The molecule has 0 radical (unpaired) electrons. The van der Waals surface area contributed by atoms with Gasteiger partial charge in [-0.15, -0.1) is 0 Å². The van der Waals surface area contributed by atoms with Gasteiger partial charge in [-0.2, -0.15) is 0 Å². The number of hydrogen-bond donors (Lipinski definition) is 1. The smallest absolute Gasteiger partial charge is 0.338 e. The van der Waals surface area contributed by atoms with Gasteiger partial charge in [-0.25, -0.2) is 9.69 Å². The average molecular weight is 472 g/mol. The van der Waals surface area contributed by atoms with Crippen molar-refractivity contribution in [1.82, 2.24) is 0 Å². The van der Waals surface area contributed by atoms with E-state index in [1.54, 1.807) is 24.3 Å². The van der Waals surface area contributed by atoms with E-state index in [1.807, 2.05) is 32.0 Å². The SMILES string of the molecule is CC(=O)Nc1ccc(N2C(=O)c3ccc(C(=O)OCCOc4cc(C)cc(C)c4)cc3C2=O)cc1. The lowest BCUT2D eigenvalue weighted by molar-refractivity contribution is -0.114. The van der Waals surface area contributed by atoms with Gasteiger partial charge in [-0.3, -0.25) is 14.4 Å². The van der Waals surface area contributed by atoms with Crippen LogP contribution in [0.1, 0.15) is 49.1 Å². The van der Waals surface area contributed by atoms with Crippen molar-refractivity contribution in [1.29, 1.82) is 0 Å². The summed E-state index contributed by atoms with van der Waals surface area (Å²) in [4.78, 5) is 50.6. The quantitative estimate of drug-likeness (QED) is 0.313. The number of benzene rings is 3. The molecule has 1 N–H and O–H groups in total. The maximum atomic E-state index is 13.0. The van der Waals surface area contributed by atoms with Gasteiger partial charge in [-0.1, -0.05) is 6.07 Å². The summed E-state index contributed by atoms with van der Waals surface area (Å²) in [5.41, 5.74) is 3.55. The van der Waals surface area contributed by atoms with Gasteiger partial charge in [0.15, 0.2) is 0 Å². The number of carbonyl (C=O) groups excluding carboxylic acids is 4. The van der Waals surface area contributed by atoms with Crippen molar-refractivity contribution >= 4 is 35.1 Å². The highest BCUT2D eigenvalue weighted by molar-refractivity contribution is 6.34. The molecular weight excluding hydrogens is 448 g/mol. The van der Waals surface area contributed by atoms with Crippen LogP contribution in [0.4, 0.5) is 11.4 Å². The standard InChI is InChI=1S/C27H24N2O6/c1-16-12-17(2)14-22(13-16)34-10-11-35-27(33)19-4-9-23-24(15-19)26(32)29(25(23)31)21-7-5-20(6-8-21)28-18(3)30/h4-9,12-15H,10-11H2,1-3H3,(H,28,30). The molecule has 0 fully saturated rings. The number of rotatable bonds is 7. The maximum Gasteiger partial charge on any atom is 0.338 e. The zero-order chi connectivity index (χ0) is 25.1. The van der Waals surface area contributed by atoms with Crippen LogP contribution in [0.25, 0.3) is 0 Å². The Morgan fingerprint density at radius 2 is 1.49 bits per heavy atom. The number of esters is 1. The first-order valence-electron chi connectivity index (χ1n) is 11.0. The third-order valence-corrected chi connectivity index (χ3v) is 5.35. The number of ether oxygens (including phenoxy) is 2. The molecular formula is C27H24N2O6. The van der Waals surface area contributed by atoms with E-state index >= 15 is 0 Å². The van der Waals surface area contributed by atoms with Crippen LogP contribution in [0, 0.1) is 13.8 Å². The number of imide groups is 1. The predicted molar refractivity (Wildman–Crippen MR) is 130 cm³/mol. The summed E-state index contributed by atoms with van der Waals surface area (Å²) >= 11 is 0. The van der Waals surface area contributed by atoms with Crippen molar-refractivity contribution in [2.24, 2.45) is 0 Å². The molecule has 1 aliphatic heterocycles. The van der Waals surface area contributed by atoms with E-state index in [1.165, 1.54) is 25.1 Å². The fraction of sp³-hybridized carbons (Fsp3) is 0.185. The van der Waals surface area contributed by atoms with Crippen LogP contribution in [0.15, 0.2) is 60.7 Å². The highest BCUT2D eigenvalue weighted by Gasteiger charge is 2.37. The molecule has 0 saturated carbocycles. The summed E-state index contributed by atoms with van der Waals surface area (Å²) < 4.78 is 10.9. The Kier molecular flexibility index (Phi) is 6.64.